The molecule has 20 heavy (non-hydrogen) atoms. The molecular weight excluding hydrogens is 316 g/mol. The molecule has 2 aromatic heterocycles. The zero-order chi connectivity index (χ0) is 13.5. The maximum absolute atomic E-state index is 4.36. The lowest BCUT2D eigenvalue weighted by Crippen LogP contribution is -2.30. The fourth-order valence-corrected chi connectivity index (χ4v) is 3.09. The van der Waals surface area contributed by atoms with E-state index in [1.54, 1.807) is 0 Å². The molecule has 1 unspecified atom stereocenters. The molecule has 0 aliphatic carbocycles. The first-order valence-electron chi connectivity index (χ1n) is 6.61. The van der Waals surface area contributed by atoms with Crippen molar-refractivity contribution in [1.29, 1.82) is 0 Å². The largest absolute Gasteiger partial charge is 0.303 e. The monoisotopic (exact) mass is 328 g/mol. The highest BCUT2D eigenvalue weighted by Crippen LogP contribution is 2.25. The quantitative estimate of drug-likeness (QED) is 0.746. The Labute approximate surface area is 125 Å². The summed E-state index contributed by atoms with van der Waals surface area (Å²) in [5.41, 5.74) is 3.64. The number of hydrogen-bond donors (Lipinski definition) is 1. The van der Waals surface area contributed by atoms with Gasteiger partial charge in [0.25, 0.3) is 0 Å². The zero-order valence-electron chi connectivity index (χ0n) is 10.8. The lowest BCUT2D eigenvalue weighted by Gasteiger charge is -2.24. The summed E-state index contributed by atoms with van der Waals surface area (Å²) in [6.07, 6.45) is 2.97. The highest BCUT2D eigenvalue weighted by molar-refractivity contribution is 9.10. The van der Waals surface area contributed by atoms with E-state index < -0.39 is 0 Å². The van der Waals surface area contributed by atoms with Gasteiger partial charge in [0.05, 0.1) is 6.04 Å². The van der Waals surface area contributed by atoms with Gasteiger partial charge in [-0.1, -0.05) is 24.3 Å². The first-order valence-corrected chi connectivity index (χ1v) is 7.41. The molecule has 3 heterocycles. The maximum Gasteiger partial charge on any atom is 0.160 e. The number of nitrogens with zero attached hydrogens (tertiary/aromatic N) is 3. The van der Waals surface area contributed by atoms with E-state index in [-0.39, 0.29) is 6.04 Å². The van der Waals surface area contributed by atoms with Crippen LogP contribution in [-0.4, -0.2) is 14.6 Å². The van der Waals surface area contributed by atoms with Crippen LogP contribution >= 0.6 is 15.9 Å². The molecule has 1 N–H and O–H groups in total. The summed E-state index contributed by atoms with van der Waals surface area (Å²) in [5, 5.41) is 12.2. The number of pyridine rings is 1. The van der Waals surface area contributed by atoms with E-state index >= 15 is 0 Å². The second-order valence-corrected chi connectivity index (χ2v) is 5.96. The van der Waals surface area contributed by atoms with Crippen LogP contribution in [0, 0.1) is 0 Å². The van der Waals surface area contributed by atoms with Crippen LogP contribution in [0.25, 0.3) is 5.65 Å². The zero-order valence-corrected chi connectivity index (χ0v) is 12.3. The molecule has 0 saturated carbocycles. The highest BCUT2D eigenvalue weighted by atomic mass is 79.9. The van der Waals surface area contributed by atoms with Crippen molar-refractivity contribution in [2.24, 2.45) is 0 Å². The van der Waals surface area contributed by atoms with Crippen LogP contribution in [0.15, 0.2) is 47.1 Å². The van der Waals surface area contributed by atoms with Gasteiger partial charge < -0.3 is 5.32 Å². The number of fused-ring (bicyclic) bond motifs is 2. The predicted octanol–water partition coefficient (Wildman–Crippen LogP) is 2.88. The van der Waals surface area contributed by atoms with Gasteiger partial charge in [-0.05, 0) is 45.6 Å². The van der Waals surface area contributed by atoms with Gasteiger partial charge in [0.1, 0.15) is 0 Å². The topological polar surface area (TPSA) is 42.2 Å². The molecule has 1 aliphatic heterocycles. The van der Waals surface area contributed by atoms with Gasteiger partial charge >= 0.3 is 0 Å². The van der Waals surface area contributed by atoms with Crippen LogP contribution < -0.4 is 5.32 Å². The summed E-state index contributed by atoms with van der Waals surface area (Å²) in [4.78, 5) is 0. The standard InChI is InChI=1S/C15H13BrN4/c16-12-5-6-14-18-19-15(20(14)9-12)13-7-10-3-1-2-4-11(10)8-17-13/h1-6,9,13,17H,7-8H2. The van der Waals surface area contributed by atoms with E-state index in [2.05, 4.69) is 60.1 Å². The van der Waals surface area contributed by atoms with E-state index in [0.717, 1.165) is 28.9 Å². The molecule has 0 spiro atoms. The fraction of sp³-hybridized carbons (Fsp3) is 0.200. The Morgan fingerprint density at radius 1 is 1.10 bits per heavy atom. The Morgan fingerprint density at radius 2 is 1.95 bits per heavy atom. The second-order valence-electron chi connectivity index (χ2n) is 5.04. The molecule has 1 aromatic carbocycles. The third-order valence-corrected chi connectivity index (χ3v) is 4.25. The molecule has 4 rings (SSSR count). The van der Waals surface area contributed by atoms with E-state index in [1.807, 2.05) is 18.3 Å². The third kappa shape index (κ3) is 1.94. The molecule has 0 saturated heterocycles. The molecular formula is C15H13BrN4. The van der Waals surface area contributed by atoms with Crippen LogP contribution in [0.4, 0.5) is 0 Å². The molecule has 0 bridgehead atoms. The summed E-state index contributed by atoms with van der Waals surface area (Å²) in [7, 11) is 0. The number of aromatic nitrogens is 3. The summed E-state index contributed by atoms with van der Waals surface area (Å²) >= 11 is 3.50. The highest BCUT2D eigenvalue weighted by Gasteiger charge is 2.23. The Hall–Kier alpha value is -1.72. The average Bonchev–Trinajstić information content (AvgIpc) is 2.89. The molecule has 0 radical (unpaired) electrons. The maximum atomic E-state index is 4.36. The van der Waals surface area contributed by atoms with Crippen molar-refractivity contribution in [2.45, 2.75) is 19.0 Å². The predicted molar refractivity (Wildman–Crippen MR) is 80.4 cm³/mol. The van der Waals surface area contributed by atoms with Crippen LogP contribution in [0.2, 0.25) is 0 Å². The molecule has 4 nitrogen and oxygen atoms in total. The second kappa shape index (κ2) is 4.68. The fourth-order valence-electron chi connectivity index (χ4n) is 2.76. The normalized spacial score (nSPS) is 18.1. The summed E-state index contributed by atoms with van der Waals surface area (Å²) in [6, 6.07) is 12.7. The molecule has 0 fully saturated rings. The van der Waals surface area contributed by atoms with Crippen LogP contribution in [0.5, 0.6) is 0 Å². The Morgan fingerprint density at radius 3 is 2.85 bits per heavy atom. The van der Waals surface area contributed by atoms with Crippen molar-refractivity contribution in [3.05, 3.63) is 64.0 Å². The minimum absolute atomic E-state index is 0.203. The van der Waals surface area contributed by atoms with Gasteiger partial charge in [-0.3, -0.25) is 4.40 Å². The summed E-state index contributed by atoms with van der Waals surface area (Å²) < 4.78 is 3.08. The van der Waals surface area contributed by atoms with Crippen molar-refractivity contribution in [3.8, 4) is 0 Å². The molecule has 5 heteroatoms. The van der Waals surface area contributed by atoms with Crippen molar-refractivity contribution in [2.75, 3.05) is 0 Å². The van der Waals surface area contributed by atoms with Gasteiger partial charge in [0, 0.05) is 17.2 Å². The number of halogens is 1. The Balaban J connectivity index is 1.76. The van der Waals surface area contributed by atoms with Crippen molar-refractivity contribution in [3.63, 3.8) is 0 Å². The number of rotatable bonds is 1. The molecule has 3 aromatic rings. The van der Waals surface area contributed by atoms with Gasteiger partial charge in [-0.15, -0.1) is 10.2 Å². The number of nitrogens with one attached hydrogen (secondary N) is 1. The SMILES string of the molecule is Brc1ccc2nnc(C3Cc4ccccc4CN3)n2c1. The van der Waals surface area contributed by atoms with Crippen LogP contribution in [-0.2, 0) is 13.0 Å². The third-order valence-electron chi connectivity index (χ3n) is 3.79. The Kier molecular flexibility index (Phi) is 2.82. The van der Waals surface area contributed by atoms with Gasteiger partial charge in [-0.25, -0.2) is 0 Å². The van der Waals surface area contributed by atoms with Gasteiger partial charge in [-0.2, -0.15) is 0 Å². The number of benzene rings is 1. The van der Waals surface area contributed by atoms with E-state index in [4.69, 9.17) is 0 Å². The lowest BCUT2D eigenvalue weighted by atomic mass is 9.95. The van der Waals surface area contributed by atoms with Crippen molar-refractivity contribution in [1.82, 2.24) is 19.9 Å². The molecule has 100 valence electrons. The minimum atomic E-state index is 0.203. The number of hydrogen-bond acceptors (Lipinski definition) is 3. The lowest BCUT2D eigenvalue weighted by molar-refractivity contribution is 0.473. The van der Waals surface area contributed by atoms with Crippen molar-refractivity contribution < 1.29 is 0 Å². The van der Waals surface area contributed by atoms with Crippen molar-refractivity contribution >= 4 is 21.6 Å². The average molecular weight is 329 g/mol. The minimum Gasteiger partial charge on any atom is -0.303 e. The first kappa shape index (κ1) is 12.1. The van der Waals surface area contributed by atoms with E-state index in [9.17, 15) is 0 Å². The first-order chi connectivity index (χ1) is 9.81. The molecule has 1 aliphatic rings. The van der Waals surface area contributed by atoms with Crippen LogP contribution in [0.1, 0.15) is 23.0 Å². The Bertz CT molecular complexity index is 780. The summed E-state index contributed by atoms with van der Waals surface area (Å²) in [6.45, 7) is 0.879. The van der Waals surface area contributed by atoms with E-state index in [1.165, 1.54) is 11.1 Å². The van der Waals surface area contributed by atoms with Gasteiger partial charge in [0.15, 0.2) is 11.5 Å². The van der Waals surface area contributed by atoms with Gasteiger partial charge in [0.2, 0.25) is 0 Å². The molecule has 0 amide bonds. The molecule has 1 atom stereocenters. The smallest absolute Gasteiger partial charge is 0.160 e. The van der Waals surface area contributed by atoms with E-state index in [0.29, 0.717) is 0 Å². The van der Waals surface area contributed by atoms with Crippen LogP contribution in [0.3, 0.4) is 0 Å². The summed E-state index contributed by atoms with van der Waals surface area (Å²) in [5.74, 6) is 0.968.